The highest BCUT2D eigenvalue weighted by Gasteiger charge is 2.07. The highest BCUT2D eigenvalue weighted by molar-refractivity contribution is 14.1. The van der Waals surface area contributed by atoms with Gasteiger partial charge in [0.2, 0.25) is 0 Å². The standard InChI is InChI=1S/C15H10IN3O/c16-11-2-1-3-12(9-11)19-15(20)10-4-5-13-14(8-10)18-7-6-17-13/h1-9H,(H,19,20). The summed E-state index contributed by atoms with van der Waals surface area (Å²) in [6, 6.07) is 12.9. The molecular weight excluding hydrogens is 365 g/mol. The molecular formula is C15H10IN3O. The average molecular weight is 375 g/mol. The lowest BCUT2D eigenvalue weighted by Crippen LogP contribution is -2.11. The second kappa shape index (κ2) is 5.54. The molecule has 0 aliphatic carbocycles. The molecule has 0 aliphatic rings. The minimum absolute atomic E-state index is 0.153. The number of halogens is 1. The first-order valence-corrected chi connectivity index (χ1v) is 7.08. The summed E-state index contributed by atoms with van der Waals surface area (Å²) in [6.45, 7) is 0. The van der Waals surface area contributed by atoms with Crippen LogP contribution in [-0.4, -0.2) is 15.9 Å². The molecule has 98 valence electrons. The predicted molar refractivity (Wildman–Crippen MR) is 86.7 cm³/mol. The fourth-order valence-corrected chi connectivity index (χ4v) is 2.42. The number of hydrogen-bond donors (Lipinski definition) is 1. The summed E-state index contributed by atoms with van der Waals surface area (Å²) in [5.74, 6) is -0.153. The van der Waals surface area contributed by atoms with Gasteiger partial charge < -0.3 is 5.32 Å². The first kappa shape index (κ1) is 13.0. The fraction of sp³-hybridized carbons (Fsp3) is 0. The van der Waals surface area contributed by atoms with Crippen LogP contribution in [0.1, 0.15) is 10.4 Å². The number of carbonyl (C=O) groups is 1. The van der Waals surface area contributed by atoms with Gasteiger partial charge in [-0.3, -0.25) is 14.8 Å². The molecule has 0 saturated carbocycles. The Morgan fingerprint density at radius 2 is 1.80 bits per heavy atom. The molecule has 0 saturated heterocycles. The van der Waals surface area contributed by atoms with E-state index in [4.69, 9.17) is 0 Å². The monoisotopic (exact) mass is 375 g/mol. The van der Waals surface area contributed by atoms with E-state index in [0.717, 1.165) is 14.8 Å². The van der Waals surface area contributed by atoms with Gasteiger partial charge in [-0.15, -0.1) is 0 Å². The van der Waals surface area contributed by atoms with Crippen molar-refractivity contribution in [1.29, 1.82) is 0 Å². The molecule has 1 amide bonds. The number of rotatable bonds is 2. The highest BCUT2D eigenvalue weighted by atomic mass is 127. The Hall–Kier alpha value is -2.02. The van der Waals surface area contributed by atoms with Crippen LogP contribution in [0.2, 0.25) is 0 Å². The number of hydrogen-bond acceptors (Lipinski definition) is 3. The number of anilines is 1. The van der Waals surface area contributed by atoms with Crippen LogP contribution >= 0.6 is 22.6 Å². The van der Waals surface area contributed by atoms with Gasteiger partial charge in [0.25, 0.3) is 5.91 Å². The molecule has 0 fully saturated rings. The maximum Gasteiger partial charge on any atom is 0.255 e. The fourth-order valence-electron chi connectivity index (χ4n) is 1.87. The van der Waals surface area contributed by atoms with Crippen molar-refractivity contribution in [1.82, 2.24) is 9.97 Å². The molecule has 5 heteroatoms. The van der Waals surface area contributed by atoms with E-state index in [2.05, 4.69) is 37.9 Å². The molecule has 0 radical (unpaired) electrons. The van der Waals surface area contributed by atoms with Crippen LogP contribution in [0.25, 0.3) is 11.0 Å². The lowest BCUT2D eigenvalue weighted by Gasteiger charge is -2.06. The lowest BCUT2D eigenvalue weighted by atomic mass is 10.1. The number of carbonyl (C=O) groups excluding carboxylic acids is 1. The van der Waals surface area contributed by atoms with Crippen molar-refractivity contribution in [2.45, 2.75) is 0 Å². The zero-order chi connectivity index (χ0) is 13.9. The maximum atomic E-state index is 12.2. The molecule has 0 unspecified atom stereocenters. The van der Waals surface area contributed by atoms with Crippen LogP contribution in [0, 0.1) is 3.57 Å². The zero-order valence-electron chi connectivity index (χ0n) is 10.4. The SMILES string of the molecule is O=C(Nc1cccc(I)c1)c1ccc2nccnc2c1. The minimum Gasteiger partial charge on any atom is -0.322 e. The molecule has 0 bridgehead atoms. The van der Waals surface area contributed by atoms with E-state index < -0.39 is 0 Å². The van der Waals surface area contributed by atoms with Crippen molar-refractivity contribution >= 4 is 45.2 Å². The second-order valence-electron chi connectivity index (χ2n) is 4.22. The van der Waals surface area contributed by atoms with Crippen LogP contribution in [0.4, 0.5) is 5.69 Å². The van der Waals surface area contributed by atoms with Gasteiger partial charge in [-0.1, -0.05) is 6.07 Å². The van der Waals surface area contributed by atoms with Crippen LogP contribution in [0.3, 0.4) is 0 Å². The van der Waals surface area contributed by atoms with Gasteiger partial charge in [0.15, 0.2) is 0 Å². The van der Waals surface area contributed by atoms with Gasteiger partial charge in [0.1, 0.15) is 0 Å². The molecule has 1 heterocycles. The second-order valence-corrected chi connectivity index (χ2v) is 5.47. The average Bonchev–Trinajstić information content (AvgIpc) is 2.47. The Labute approximate surface area is 129 Å². The summed E-state index contributed by atoms with van der Waals surface area (Å²) in [4.78, 5) is 20.6. The molecule has 0 spiro atoms. The molecule has 0 aliphatic heterocycles. The summed E-state index contributed by atoms with van der Waals surface area (Å²) in [7, 11) is 0. The molecule has 4 nitrogen and oxygen atoms in total. The number of amides is 1. The first-order chi connectivity index (χ1) is 9.72. The zero-order valence-corrected chi connectivity index (χ0v) is 12.5. The predicted octanol–water partition coefficient (Wildman–Crippen LogP) is 3.49. The third-order valence-corrected chi connectivity index (χ3v) is 3.48. The van der Waals surface area contributed by atoms with Crippen LogP contribution < -0.4 is 5.32 Å². The Morgan fingerprint density at radius 3 is 2.60 bits per heavy atom. The van der Waals surface area contributed by atoms with E-state index in [1.807, 2.05) is 24.3 Å². The molecule has 3 rings (SSSR count). The number of nitrogens with one attached hydrogen (secondary N) is 1. The van der Waals surface area contributed by atoms with E-state index >= 15 is 0 Å². The summed E-state index contributed by atoms with van der Waals surface area (Å²) in [6.07, 6.45) is 3.25. The van der Waals surface area contributed by atoms with Gasteiger partial charge in [-0.2, -0.15) is 0 Å². The van der Waals surface area contributed by atoms with E-state index in [0.29, 0.717) is 11.1 Å². The van der Waals surface area contributed by atoms with Crippen LogP contribution in [0.5, 0.6) is 0 Å². The lowest BCUT2D eigenvalue weighted by molar-refractivity contribution is 0.102. The number of fused-ring (bicyclic) bond motifs is 1. The summed E-state index contributed by atoms with van der Waals surface area (Å²) >= 11 is 2.21. The smallest absolute Gasteiger partial charge is 0.255 e. The summed E-state index contributed by atoms with van der Waals surface area (Å²) < 4.78 is 1.07. The minimum atomic E-state index is -0.153. The molecule has 1 aromatic heterocycles. The summed E-state index contributed by atoms with van der Waals surface area (Å²) in [5, 5.41) is 2.87. The largest absolute Gasteiger partial charge is 0.322 e. The van der Waals surface area contributed by atoms with Crippen molar-refractivity contribution < 1.29 is 4.79 Å². The van der Waals surface area contributed by atoms with E-state index in [9.17, 15) is 4.79 Å². The van der Waals surface area contributed by atoms with Gasteiger partial charge in [-0.05, 0) is 59.0 Å². The Bertz CT molecular complexity index is 789. The number of benzene rings is 2. The molecule has 2 aromatic carbocycles. The van der Waals surface area contributed by atoms with Gasteiger partial charge >= 0.3 is 0 Å². The number of nitrogens with zero attached hydrogens (tertiary/aromatic N) is 2. The van der Waals surface area contributed by atoms with E-state index in [-0.39, 0.29) is 5.91 Å². The van der Waals surface area contributed by atoms with Crippen molar-refractivity contribution in [3.63, 3.8) is 0 Å². The molecule has 1 N–H and O–H groups in total. The van der Waals surface area contributed by atoms with Gasteiger partial charge in [0.05, 0.1) is 11.0 Å². The van der Waals surface area contributed by atoms with Crippen molar-refractivity contribution in [3.05, 3.63) is 64.0 Å². The van der Waals surface area contributed by atoms with Gasteiger partial charge in [0, 0.05) is 27.2 Å². The van der Waals surface area contributed by atoms with Crippen molar-refractivity contribution in [3.8, 4) is 0 Å². The molecule has 3 aromatic rings. The highest BCUT2D eigenvalue weighted by Crippen LogP contribution is 2.15. The summed E-state index contributed by atoms with van der Waals surface area (Å²) in [5.41, 5.74) is 2.83. The Morgan fingerprint density at radius 1 is 1.00 bits per heavy atom. The van der Waals surface area contributed by atoms with Crippen molar-refractivity contribution in [2.24, 2.45) is 0 Å². The number of aromatic nitrogens is 2. The van der Waals surface area contributed by atoms with E-state index in [1.54, 1.807) is 30.6 Å². The topological polar surface area (TPSA) is 54.9 Å². The normalized spacial score (nSPS) is 10.4. The van der Waals surface area contributed by atoms with Crippen LogP contribution in [0.15, 0.2) is 54.9 Å². The molecule has 0 atom stereocenters. The Kier molecular flexibility index (Phi) is 3.60. The quantitative estimate of drug-likeness (QED) is 0.698. The maximum absolute atomic E-state index is 12.2. The van der Waals surface area contributed by atoms with Crippen LogP contribution in [-0.2, 0) is 0 Å². The third-order valence-electron chi connectivity index (χ3n) is 2.81. The van der Waals surface area contributed by atoms with E-state index in [1.165, 1.54) is 0 Å². The molecule has 20 heavy (non-hydrogen) atoms. The Balaban J connectivity index is 1.88. The van der Waals surface area contributed by atoms with Gasteiger partial charge in [-0.25, -0.2) is 0 Å². The third kappa shape index (κ3) is 2.77. The first-order valence-electron chi connectivity index (χ1n) is 6.00. The van der Waals surface area contributed by atoms with Crippen molar-refractivity contribution in [2.75, 3.05) is 5.32 Å².